The quantitative estimate of drug-likeness (QED) is 0.555. The topological polar surface area (TPSA) is 99.3 Å². The standard InChI is InChI=1S/C16H12N2O4S/c19-15-9-6-11-10-13(23(20,21)22)7-8-14(11)16(15)18-17-12-4-2-1-3-5-12/h1-10,19H,(H,20,21,22)/b18-17+. The number of benzene rings is 3. The lowest BCUT2D eigenvalue weighted by Crippen LogP contribution is -1.97. The van der Waals surface area contributed by atoms with Crippen LogP contribution in [-0.4, -0.2) is 18.1 Å². The van der Waals surface area contributed by atoms with Crippen LogP contribution in [0.5, 0.6) is 5.75 Å². The Kier molecular flexibility index (Phi) is 3.81. The van der Waals surface area contributed by atoms with Gasteiger partial charge < -0.3 is 5.11 Å². The van der Waals surface area contributed by atoms with Crippen LogP contribution in [0.1, 0.15) is 0 Å². The summed E-state index contributed by atoms with van der Waals surface area (Å²) in [7, 11) is -4.29. The molecule has 3 aromatic carbocycles. The van der Waals surface area contributed by atoms with E-state index in [1.165, 1.54) is 24.3 Å². The number of phenolic OH excluding ortho intramolecular Hbond substituents is 1. The van der Waals surface area contributed by atoms with Crippen molar-refractivity contribution in [3.8, 4) is 5.75 Å². The van der Waals surface area contributed by atoms with E-state index < -0.39 is 10.1 Å². The van der Waals surface area contributed by atoms with Gasteiger partial charge in [-0.3, -0.25) is 4.55 Å². The summed E-state index contributed by atoms with van der Waals surface area (Å²) < 4.78 is 31.5. The monoisotopic (exact) mass is 328 g/mol. The summed E-state index contributed by atoms with van der Waals surface area (Å²) in [4.78, 5) is -0.221. The van der Waals surface area contributed by atoms with Gasteiger partial charge in [-0.2, -0.15) is 13.5 Å². The minimum Gasteiger partial charge on any atom is -0.506 e. The molecule has 2 N–H and O–H groups in total. The molecule has 0 spiro atoms. The predicted octanol–water partition coefficient (Wildman–Crippen LogP) is 4.21. The number of hydrogen-bond acceptors (Lipinski definition) is 5. The Balaban J connectivity index is 2.13. The zero-order valence-corrected chi connectivity index (χ0v) is 12.6. The van der Waals surface area contributed by atoms with Gasteiger partial charge >= 0.3 is 0 Å². The Morgan fingerprint density at radius 3 is 2.30 bits per heavy atom. The number of fused-ring (bicyclic) bond motifs is 1. The van der Waals surface area contributed by atoms with Crippen molar-refractivity contribution in [1.82, 2.24) is 0 Å². The van der Waals surface area contributed by atoms with E-state index in [9.17, 15) is 13.5 Å². The molecule has 3 aromatic rings. The molecule has 7 heteroatoms. The molecular weight excluding hydrogens is 316 g/mol. The first-order valence-electron chi connectivity index (χ1n) is 6.65. The second kappa shape index (κ2) is 5.79. The van der Waals surface area contributed by atoms with E-state index in [1.807, 2.05) is 18.2 Å². The van der Waals surface area contributed by atoms with Crippen molar-refractivity contribution in [3.63, 3.8) is 0 Å². The molecule has 23 heavy (non-hydrogen) atoms. The van der Waals surface area contributed by atoms with Crippen molar-refractivity contribution in [3.05, 3.63) is 60.7 Å². The maximum atomic E-state index is 11.2. The smallest absolute Gasteiger partial charge is 0.294 e. The maximum Gasteiger partial charge on any atom is 0.294 e. The normalized spacial score (nSPS) is 12.0. The van der Waals surface area contributed by atoms with Gasteiger partial charge in [-0.05, 0) is 35.7 Å². The van der Waals surface area contributed by atoms with Crippen LogP contribution in [0.25, 0.3) is 10.8 Å². The number of nitrogens with zero attached hydrogens (tertiary/aromatic N) is 2. The first kappa shape index (κ1) is 15.1. The number of aromatic hydroxyl groups is 1. The minimum absolute atomic E-state index is 0.0724. The zero-order valence-electron chi connectivity index (χ0n) is 11.8. The Hall–Kier alpha value is -2.77. The van der Waals surface area contributed by atoms with Crippen LogP contribution < -0.4 is 0 Å². The Morgan fingerprint density at radius 1 is 0.870 bits per heavy atom. The molecule has 0 aliphatic heterocycles. The van der Waals surface area contributed by atoms with Crippen LogP contribution in [0.3, 0.4) is 0 Å². The van der Waals surface area contributed by atoms with Gasteiger partial charge in [0.1, 0.15) is 11.4 Å². The molecular formula is C16H12N2O4S. The van der Waals surface area contributed by atoms with Gasteiger partial charge in [0.05, 0.1) is 10.6 Å². The molecule has 0 fully saturated rings. The highest BCUT2D eigenvalue weighted by atomic mass is 32.2. The van der Waals surface area contributed by atoms with E-state index in [1.54, 1.807) is 18.2 Å². The van der Waals surface area contributed by atoms with Crippen LogP contribution in [0.2, 0.25) is 0 Å². The predicted molar refractivity (Wildman–Crippen MR) is 86.0 cm³/mol. The van der Waals surface area contributed by atoms with Gasteiger partial charge in [0.15, 0.2) is 0 Å². The largest absolute Gasteiger partial charge is 0.506 e. The fourth-order valence-corrected chi connectivity index (χ4v) is 2.66. The third kappa shape index (κ3) is 3.20. The average Bonchev–Trinajstić information content (AvgIpc) is 2.53. The molecule has 3 rings (SSSR count). The lowest BCUT2D eigenvalue weighted by molar-refractivity contribution is 0.477. The molecule has 0 radical (unpaired) electrons. The van der Waals surface area contributed by atoms with Gasteiger partial charge in [-0.15, -0.1) is 5.11 Å². The van der Waals surface area contributed by atoms with E-state index >= 15 is 0 Å². The highest BCUT2D eigenvalue weighted by molar-refractivity contribution is 7.85. The fraction of sp³-hybridized carbons (Fsp3) is 0. The molecule has 0 saturated carbocycles. The van der Waals surface area contributed by atoms with Crippen molar-refractivity contribution >= 4 is 32.3 Å². The van der Waals surface area contributed by atoms with E-state index in [2.05, 4.69) is 10.2 Å². The summed E-state index contributed by atoms with van der Waals surface area (Å²) >= 11 is 0. The summed E-state index contributed by atoms with van der Waals surface area (Å²) in [6, 6.07) is 16.0. The highest BCUT2D eigenvalue weighted by Crippen LogP contribution is 2.36. The Bertz CT molecular complexity index is 999. The van der Waals surface area contributed by atoms with E-state index in [4.69, 9.17) is 4.55 Å². The molecule has 0 heterocycles. The number of phenols is 1. The molecule has 0 bridgehead atoms. The van der Waals surface area contributed by atoms with Crippen molar-refractivity contribution in [1.29, 1.82) is 0 Å². The summed E-state index contributed by atoms with van der Waals surface area (Å²) in [6.07, 6.45) is 0. The molecule has 116 valence electrons. The fourth-order valence-electron chi connectivity index (χ4n) is 2.15. The number of azo groups is 1. The summed E-state index contributed by atoms with van der Waals surface area (Å²) in [5, 5.41) is 19.1. The molecule has 0 atom stereocenters. The average molecular weight is 328 g/mol. The lowest BCUT2D eigenvalue weighted by Gasteiger charge is -2.05. The van der Waals surface area contributed by atoms with Crippen LogP contribution >= 0.6 is 0 Å². The zero-order chi connectivity index (χ0) is 16.4. The second-order valence-electron chi connectivity index (χ2n) is 4.83. The molecule has 0 amide bonds. The lowest BCUT2D eigenvalue weighted by atomic mass is 10.1. The third-order valence-corrected chi connectivity index (χ3v) is 4.11. The Morgan fingerprint density at radius 2 is 1.61 bits per heavy atom. The molecule has 0 unspecified atom stereocenters. The third-order valence-electron chi connectivity index (χ3n) is 3.26. The molecule has 6 nitrogen and oxygen atoms in total. The molecule has 0 aliphatic carbocycles. The van der Waals surface area contributed by atoms with E-state index in [0.717, 1.165) is 0 Å². The van der Waals surface area contributed by atoms with Crippen molar-refractivity contribution in [2.24, 2.45) is 10.2 Å². The maximum absolute atomic E-state index is 11.2. The molecule has 0 aliphatic rings. The van der Waals surface area contributed by atoms with Gasteiger partial charge in [-0.1, -0.05) is 30.3 Å². The van der Waals surface area contributed by atoms with Gasteiger partial charge in [0, 0.05) is 5.39 Å². The van der Waals surface area contributed by atoms with Gasteiger partial charge in [0.2, 0.25) is 0 Å². The van der Waals surface area contributed by atoms with Crippen LogP contribution in [0.4, 0.5) is 11.4 Å². The number of rotatable bonds is 3. The van der Waals surface area contributed by atoms with Crippen LogP contribution in [-0.2, 0) is 10.1 Å². The van der Waals surface area contributed by atoms with Crippen molar-refractivity contribution < 1.29 is 18.1 Å². The second-order valence-corrected chi connectivity index (χ2v) is 6.25. The van der Waals surface area contributed by atoms with E-state index in [0.29, 0.717) is 16.5 Å². The highest BCUT2D eigenvalue weighted by Gasteiger charge is 2.13. The minimum atomic E-state index is -4.29. The molecule has 0 aromatic heterocycles. The molecule has 0 saturated heterocycles. The SMILES string of the molecule is O=S(=O)(O)c1ccc2c(/N=N/c3ccccc3)c(O)ccc2c1. The van der Waals surface area contributed by atoms with Crippen molar-refractivity contribution in [2.75, 3.05) is 0 Å². The van der Waals surface area contributed by atoms with Crippen molar-refractivity contribution in [2.45, 2.75) is 4.90 Å². The summed E-state index contributed by atoms with van der Waals surface area (Å²) in [6.45, 7) is 0. The summed E-state index contributed by atoms with van der Waals surface area (Å²) in [5.74, 6) is -0.0724. The van der Waals surface area contributed by atoms with Crippen LogP contribution in [0, 0.1) is 0 Å². The van der Waals surface area contributed by atoms with Gasteiger partial charge in [0.25, 0.3) is 10.1 Å². The van der Waals surface area contributed by atoms with Crippen LogP contribution in [0.15, 0.2) is 75.8 Å². The number of hydrogen-bond donors (Lipinski definition) is 2. The van der Waals surface area contributed by atoms with Gasteiger partial charge in [-0.25, -0.2) is 0 Å². The Labute approximate surface area is 132 Å². The summed E-state index contributed by atoms with van der Waals surface area (Å²) in [5.41, 5.74) is 0.853. The first-order chi connectivity index (χ1) is 10.9. The van der Waals surface area contributed by atoms with E-state index in [-0.39, 0.29) is 16.3 Å². The first-order valence-corrected chi connectivity index (χ1v) is 8.09.